The van der Waals surface area contributed by atoms with E-state index in [1.807, 2.05) is 29.8 Å². The van der Waals surface area contributed by atoms with Crippen LogP contribution in [-0.2, 0) is 7.05 Å². The van der Waals surface area contributed by atoms with Crippen molar-refractivity contribution in [1.29, 1.82) is 0 Å². The number of hydrogen-bond acceptors (Lipinski definition) is 5. The summed E-state index contributed by atoms with van der Waals surface area (Å²) in [5.74, 6) is 2.15. The Balaban J connectivity index is 0.00000306. The number of pyridine rings is 1. The van der Waals surface area contributed by atoms with Crippen LogP contribution in [0.1, 0.15) is 42.8 Å². The van der Waals surface area contributed by atoms with E-state index in [1.54, 1.807) is 25.4 Å². The van der Waals surface area contributed by atoms with Gasteiger partial charge in [-0.3, -0.25) is 9.78 Å². The number of nitrogens with one attached hydrogen (secondary N) is 2. The van der Waals surface area contributed by atoms with Gasteiger partial charge in [0, 0.05) is 39.5 Å². The van der Waals surface area contributed by atoms with Crippen LogP contribution in [0.15, 0.2) is 54.7 Å². The molecule has 0 aliphatic heterocycles. The SMILES string of the molecule is CNC(=O)c1cc(Oc2ccc3c(c2)nc(Nc2ccc(C(C)C)c(C)c2)n3C)ccn1.[HH]. The van der Waals surface area contributed by atoms with Gasteiger partial charge in [-0.2, -0.15) is 0 Å². The number of hydrogen-bond donors (Lipinski definition) is 2. The van der Waals surface area contributed by atoms with Gasteiger partial charge in [-0.25, -0.2) is 4.98 Å². The number of aryl methyl sites for hydroxylation is 2. The van der Waals surface area contributed by atoms with E-state index in [2.05, 4.69) is 54.6 Å². The highest BCUT2D eigenvalue weighted by Crippen LogP contribution is 2.29. The molecule has 0 aliphatic rings. The summed E-state index contributed by atoms with van der Waals surface area (Å²) >= 11 is 0. The van der Waals surface area contributed by atoms with Crippen LogP contribution in [0.2, 0.25) is 0 Å². The second-order valence-corrected chi connectivity index (χ2v) is 8.05. The second kappa shape index (κ2) is 8.70. The third-order valence-corrected chi connectivity index (χ3v) is 5.43. The quantitative estimate of drug-likeness (QED) is 0.419. The molecule has 0 spiro atoms. The molecule has 2 heterocycles. The molecule has 2 aromatic heterocycles. The van der Waals surface area contributed by atoms with Crippen LogP contribution in [-0.4, -0.2) is 27.5 Å². The summed E-state index contributed by atoms with van der Waals surface area (Å²) in [6.07, 6.45) is 1.55. The lowest BCUT2D eigenvalue weighted by molar-refractivity contribution is 0.0958. The Morgan fingerprint density at radius 2 is 1.88 bits per heavy atom. The van der Waals surface area contributed by atoms with Gasteiger partial charge in [0.05, 0.1) is 11.0 Å². The van der Waals surface area contributed by atoms with Gasteiger partial charge in [0.2, 0.25) is 5.95 Å². The predicted molar refractivity (Wildman–Crippen MR) is 129 cm³/mol. The summed E-state index contributed by atoms with van der Waals surface area (Å²) in [6, 6.07) is 15.5. The lowest BCUT2D eigenvalue weighted by Crippen LogP contribution is -2.18. The minimum atomic E-state index is -0.261. The molecular formula is C25H29N5O2. The number of rotatable bonds is 6. The Labute approximate surface area is 188 Å². The van der Waals surface area contributed by atoms with Crippen molar-refractivity contribution < 1.29 is 11.0 Å². The molecule has 4 rings (SSSR count). The molecule has 4 aromatic rings. The third-order valence-electron chi connectivity index (χ3n) is 5.43. The van der Waals surface area contributed by atoms with E-state index in [-0.39, 0.29) is 7.33 Å². The number of imidazole rings is 1. The number of amides is 1. The van der Waals surface area contributed by atoms with Gasteiger partial charge in [0.15, 0.2) is 0 Å². The van der Waals surface area contributed by atoms with Crippen LogP contribution in [0.25, 0.3) is 11.0 Å². The predicted octanol–water partition coefficient (Wildman–Crippen LogP) is 5.54. The minimum absolute atomic E-state index is 0. The Morgan fingerprint density at radius 3 is 2.59 bits per heavy atom. The van der Waals surface area contributed by atoms with Gasteiger partial charge in [0.25, 0.3) is 5.91 Å². The van der Waals surface area contributed by atoms with Crippen LogP contribution in [0, 0.1) is 6.92 Å². The fourth-order valence-corrected chi connectivity index (χ4v) is 3.75. The van der Waals surface area contributed by atoms with Crippen molar-refractivity contribution in [2.45, 2.75) is 26.7 Å². The summed E-state index contributed by atoms with van der Waals surface area (Å²) in [5, 5.41) is 5.98. The van der Waals surface area contributed by atoms with Crippen LogP contribution >= 0.6 is 0 Å². The molecule has 0 radical (unpaired) electrons. The fourth-order valence-electron chi connectivity index (χ4n) is 3.75. The standard InChI is InChI=1S/C25H27N5O2.H2/c1-15(2)20-8-6-17(12-16(20)3)28-25-29-21-13-18(7-9-23(21)30(25)5)32-19-10-11-27-22(14-19)24(31)26-4;/h6-15H,1-5H3,(H,26,31)(H,28,29);1H. The summed E-state index contributed by atoms with van der Waals surface area (Å²) in [7, 11) is 3.55. The highest BCUT2D eigenvalue weighted by Gasteiger charge is 2.12. The van der Waals surface area contributed by atoms with Crippen molar-refractivity contribution in [1.82, 2.24) is 19.9 Å². The Bertz CT molecular complexity index is 1300. The van der Waals surface area contributed by atoms with E-state index < -0.39 is 0 Å². The van der Waals surface area contributed by atoms with E-state index in [9.17, 15) is 4.79 Å². The molecule has 32 heavy (non-hydrogen) atoms. The number of fused-ring (bicyclic) bond motifs is 1. The number of anilines is 2. The topological polar surface area (TPSA) is 81.1 Å². The first-order valence-corrected chi connectivity index (χ1v) is 10.6. The summed E-state index contributed by atoms with van der Waals surface area (Å²) in [6.45, 7) is 6.53. The first-order chi connectivity index (χ1) is 15.4. The molecule has 1 amide bonds. The number of nitrogens with zero attached hydrogens (tertiary/aromatic N) is 3. The van der Waals surface area contributed by atoms with Gasteiger partial charge in [-0.15, -0.1) is 0 Å². The maximum atomic E-state index is 11.8. The summed E-state index contributed by atoms with van der Waals surface area (Å²) in [5.41, 5.74) is 5.69. The van der Waals surface area contributed by atoms with E-state index in [0.29, 0.717) is 23.1 Å². The van der Waals surface area contributed by atoms with Crippen molar-refractivity contribution in [2.75, 3.05) is 12.4 Å². The molecule has 0 saturated heterocycles. The highest BCUT2D eigenvalue weighted by atomic mass is 16.5. The van der Waals surface area contributed by atoms with Gasteiger partial charge < -0.3 is 19.9 Å². The molecule has 0 fully saturated rings. The molecule has 0 aliphatic carbocycles. The van der Waals surface area contributed by atoms with Crippen LogP contribution in [0.5, 0.6) is 11.5 Å². The first-order valence-electron chi connectivity index (χ1n) is 10.6. The summed E-state index contributed by atoms with van der Waals surface area (Å²) < 4.78 is 7.97. The average molecular weight is 432 g/mol. The first kappa shape index (κ1) is 21.4. The average Bonchev–Trinajstić information content (AvgIpc) is 3.07. The fraction of sp³-hybridized carbons (Fsp3) is 0.240. The Morgan fingerprint density at radius 1 is 1.09 bits per heavy atom. The molecule has 166 valence electrons. The summed E-state index contributed by atoms with van der Waals surface area (Å²) in [4.78, 5) is 20.6. The maximum Gasteiger partial charge on any atom is 0.269 e. The molecule has 7 heteroatoms. The zero-order chi connectivity index (χ0) is 22.8. The van der Waals surface area contributed by atoms with E-state index in [0.717, 1.165) is 22.7 Å². The van der Waals surface area contributed by atoms with Crippen LogP contribution < -0.4 is 15.4 Å². The largest absolute Gasteiger partial charge is 0.457 e. The van der Waals surface area contributed by atoms with Gasteiger partial charge in [-0.05, 0) is 54.3 Å². The second-order valence-electron chi connectivity index (χ2n) is 8.05. The highest BCUT2D eigenvalue weighted by molar-refractivity contribution is 5.92. The molecule has 0 unspecified atom stereocenters. The Kier molecular flexibility index (Phi) is 5.81. The van der Waals surface area contributed by atoms with Crippen molar-refractivity contribution in [3.8, 4) is 11.5 Å². The minimum Gasteiger partial charge on any atom is -0.457 e. The van der Waals surface area contributed by atoms with Crippen molar-refractivity contribution in [3.05, 3.63) is 71.5 Å². The van der Waals surface area contributed by atoms with Gasteiger partial charge in [-0.1, -0.05) is 19.9 Å². The van der Waals surface area contributed by atoms with Crippen molar-refractivity contribution in [3.63, 3.8) is 0 Å². The lowest BCUT2D eigenvalue weighted by Gasteiger charge is -2.12. The molecule has 7 nitrogen and oxygen atoms in total. The van der Waals surface area contributed by atoms with Gasteiger partial charge >= 0.3 is 0 Å². The zero-order valence-electron chi connectivity index (χ0n) is 18.9. The zero-order valence-corrected chi connectivity index (χ0v) is 18.9. The third kappa shape index (κ3) is 4.27. The van der Waals surface area contributed by atoms with Crippen molar-refractivity contribution in [2.24, 2.45) is 7.05 Å². The number of benzene rings is 2. The molecule has 0 bridgehead atoms. The van der Waals surface area contributed by atoms with Crippen LogP contribution in [0.3, 0.4) is 0 Å². The Hall–Kier alpha value is -3.87. The van der Waals surface area contributed by atoms with Crippen LogP contribution in [0.4, 0.5) is 11.6 Å². The molecular weight excluding hydrogens is 402 g/mol. The normalized spacial score (nSPS) is 11.1. The molecule has 2 N–H and O–H groups in total. The van der Waals surface area contributed by atoms with Crippen molar-refractivity contribution >= 4 is 28.6 Å². The number of carbonyl (C=O) groups is 1. The monoisotopic (exact) mass is 431 g/mol. The number of aromatic nitrogens is 3. The number of ether oxygens (including phenoxy) is 1. The van der Waals surface area contributed by atoms with E-state index in [1.165, 1.54) is 11.1 Å². The molecule has 2 aromatic carbocycles. The smallest absolute Gasteiger partial charge is 0.269 e. The van der Waals surface area contributed by atoms with E-state index >= 15 is 0 Å². The molecule has 0 saturated carbocycles. The number of carbonyl (C=O) groups excluding carboxylic acids is 1. The maximum absolute atomic E-state index is 11.8. The molecule has 0 atom stereocenters. The van der Waals surface area contributed by atoms with E-state index in [4.69, 9.17) is 9.72 Å². The van der Waals surface area contributed by atoms with Gasteiger partial charge in [0.1, 0.15) is 17.2 Å². The lowest BCUT2D eigenvalue weighted by atomic mass is 9.98.